The molecule has 0 saturated carbocycles. The predicted molar refractivity (Wildman–Crippen MR) is 80.7 cm³/mol. The van der Waals surface area contributed by atoms with Crippen molar-refractivity contribution < 1.29 is 9.15 Å². The van der Waals surface area contributed by atoms with Gasteiger partial charge in [0.1, 0.15) is 5.75 Å². The molecule has 0 unspecified atom stereocenters. The van der Waals surface area contributed by atoms with E-state index in [4.69, 9.17) is 9.15 Å². The number of benzene rings is 1. The standard InChI is InChI=1S/C15H20N4O2/c1-11-4-5-12(10-13(11)20-3)14-16-17-15(21-14)19-8-6-18(2)7-9-19/h4-5,10H,6-9H2,1-3H3. The molecule has 112 valence electrons. The van der Waals surface area contributed by atoms with Crippen molar-refractivity contribution in [3.05, 3.63) is 23.8 Å². The van der Waals surface area contributed by atoms with Gasteiger partial charge in [0.25, 0.3) is 0 Å². The van der Waals surface area contributed by atoms with Gasteiger partial charge in [0.05, 0.1) is 7.11 Å². The molecule has 21 heavy (non-hydrogen) atoms. The summed E-state index contributed by atoms with van der Waals surface area (Å²) in [5, 5.41) is 8.33. The van der Waals surface area contributed by atoms with Crippen LogP contribution >= 0.6 is 0 Å². The molecule has 0 spiro atoms. The van der Waals surface area contributed by atoms with Crippen molar-refractivity contribution in [2.24, 2.45) is 0 Å². The van der Waals surface area contributed by atoms with Crippen molar-refractivity contribution in [2.75, 3.05) is 45.2 Å². The van der Waals surface area contributed by atoms with Crippen LogP contribution in [0.1, 0.15) is 5.56 Å². The minimum atomic E-state index is 0.530. The first-order chi connectivity index (χ1) is 10.2. The third-order valence-corrected chi connectivity index (χ3v) is 3.84. The number of nitrogens with zero attached hydrogens (tertiary/aromatic N) is 4. The van der Waals surface area contributed by atoms with E-state index in [0.29, 0.717) is 11.9 Å². The Labute approximate surface area is 124 Å². The van der Waals surface area contributed by atoms with Crippen LogP contribution in [0.4, 0.5) is 6.01 Å². The van der Waals surface area contributed by atoms with E-state index in [1.54, 1.807) is 7.11 Å². The second-order valence-electron chi connectivity index (χ2n) is 5.36. The molecule has 2 aromatic rings. The second kappa shape index (κ2) is 5.73. The third-order valence-electron chi connectivity index (χ3n) is 3.84. The first-order valence-corrected chi connectivity index (χ1v) is 7.09. The van der Waals surface area contributed by atoms with Crippen molar-refractivity contribution in [3.8, 4) is 17.2 Å². The largest absolute Gasteiger partial charge is 0.496 e. The molecule has 3 rings (SSSR count). The van der Waals surface area contributed by atoms with Crippen LogP contribution < -0.4 is 9.64 Å². The van der Waals surface area contributed by atoms with Gasteiger partial charge in [0.15, 0.2) is 0 Å². The first-order valence-electron chi connectivity index (χ1n) is 7.09. The van der Waals surface area contributed by atoms with E-state index in [2.05, 4.69) is 27.0 Å². The maximum absolute atomic E-state index is 5.81. The molecule has 1 aromatic carbocycles. The van der Waals surface area contributed by atoms with Crippen LogP contribution in [0.2, 0.25) is 0 Å². The highest BCUT2D eigenvalue weighted by Crippen LogP contribution is 2.27. The number of hydrogen-bond acceptors (Lipinski definition) is 6. The van der Waals surface area contributed by atoms with Crippen LogP contribution in [0.5, 0.6) is 5.75 Å². The average molecular weight is 288 g/mol. The number of rotatable bonds is 3. The van der Waals surface area contributed by atoms with Crippen LogP contribution in [-0.4, -0.2) is 55.4 Å². The van der Waals surface area contributed by atoms with E-state index >= 15 is 0 Å². The SMILES string of the molecule is COc1cc(-c2nnc(N3CCN(C)CC3)o2)ccc1C. The van der Waals surface area contributed by atoms with Gasteiger partial charge in [-0.2, -0.15) is 0 Å². The van der Waals surface area contributed by atoms with E-state index in [1.807, 2.05) is 25.1 Å². The van der Waals surface area contributed by atoms with Gasteiger partial charge in [-0.3, -0.25) is 0 Å². The Morgan fingerprint density at radius 1 is 1.14 bits per heavy atom. The van der Waals surface area contributed by atoms with Gasteiger partial charge in [-0.1, -0.05) is 11.2 Å². The van der Waals surface area contributed by atoms with E-state index in [-0.39, 0.29) is 0 Å². The molecular formula is C15H20N4O2. The minimum absolute atomic E-state index is 0.530. The van der Waals surface area contributed by atoms with Crippen molar-refractivity contribution in [1.82, 2.24) is 15.1 Å². The number of anilines is 1. The molecule has 6 nitrogen and oxygen atoms in total. The summed E-state index contributed by atoms with van der Waals surface area (Å²) in [6.07, 6.45) is 0. The van der Waals surface area contributed by atoms with Crippen LogP contribution in [-0.2, 0) is 0 Å². The third kappa shape index (κ3) is 2.85. The number of piperazine rings is 1. The highest BCUT2D eigenvalue weighted by molar-refractivity contribution is 5.58. The van der Waals surface area contributed by atoms with Crippen LogP contribution in [0, 0.1) is 6.92 Å². The molecule has 1 aliphatic heterocycles. The Kier molecular flexibility index (Phi) is 3.79. The maximum Gasteiger partial charge on any atom is 0.318 e. The summed E-state index contributed by atoms with van der Waals surface area (Å²) in [6.45, 7) is 5.85. The summed E-state index contributed by atoms with van der Waals surface area (Å²) < 4.78 is 11.1. The molecule has 6 heteroatoms. The molecule has 0 amide bonds. The monoisotopic (exact) mass is 288 g/mol. The van der Waals surface area contributed by atoms with E-state index in [9.17, 15) is 0 Å². The molecule has 1 saturated heterocycles. The fourth-order valence-corrected chi connectivity index (χ4v) is 2.41. The minimum Gasteiger partial charge on any atom is -0.496 e. The lowest BCUT2D eigenvalue weighted by Gasteiger charge is -2.30. The number of methoxy groups -OCH3 is 1. The topological polar surface area (TPSA) is 54.6 Å². The normalized spacial score (nSPS) is 16.2. The molecule has 2 heterocycles. The lowest BCUT2D eigenvalue weighted by atomic mass is 10.1. The van der Waals surface area contributed by atoms with Gasteiger partial charge < -0.3 is 19.0 Å². The molecule has 1 fully saturated rings. The molecule has 0 aliphatic carbocycles. The van der Waals surface area contributed by atoms with Gasteiger partial charge in [-0.15, -0.1) is 5.10 Å². The maximum atomic E-state index is 5.81. The van der Waals surface area contributed by atoms with Crippen molar-refractivity contribution in [2.45, 2.75) is 6.92 Å². The van der Waals surface area contributed by atoms with Crippen molar-refractivity contribution >= 4 is 6.01 Å². The highest BCUT2D eigenvalue weighted by Gasteiger charge is 2.20. The number of hydrogen-bond donors (Lipinski definition) is 0. The molecule has 0 N–H and O–H groups in total. The molecule has 1 aromatic heterocycles. The number of ether oxygens (including phenoxy) is 1. The number of aryl methyl sites for hydroxylation is 1. The zero-order chi connectivity index (χ0) is 14.8. The van der Waals surface area contributed by atoms with Crippen molar-refractivity contribution in [3.63, 3.8) is 0 Å². The van der Waals surface area contributed by atoms with Gasteiger partial charge in [-0.25, -0.2) is 0 Å². The van der Waals surface area contributed by atoms with Gasteiger partial charge >= 0.3 is 6.01 Å². The summed E-state index contributed by atoms with van der Waals surface area (Å²) in [5.74, 6) is 1.36. The lowest BCUT2D eigenvalue weighted by Crippen LogP contribution is -2.44. The summed E-state index contributed by atoms with van der Waals surface area (Å²) >= 11 is 0. The van der Waals surface area contributed by atoms with E-state index in [0.717, 1.165) is 43.1 Å². The Bertz CT molecular complexity index is 618. The summed E-state index contributed by atoms with van der Waals surface area (Å²) in [4.78, 5) is 4.42. The smallest absolute Gasteiger partial charge is 0.318 e. The zero-order valence-corrected chi connectivity index (χ0v) is 12.7. The number of likely N-dealkylation sites (N-methyl/N-ethyl adjacent to an activating group) is 1. The molecule has 0 atom stereocenters. The van der Waals surface area contributed by atoms with Gasteiger partial charge in [0, 0.05) is 31.7 Å². The average Bonchev–Trinajstić information content (AvgIpc) is 2.98. The Morgan fingerprint density at radius 3 is 2.62 bits per heavy atom. The highest BCUT2D eigenvalue weighted by atomic mass is 16.5. The Hall–Kier alpha value is -2.08. The summed E-state index contributed by atoms with van der Waals surface area (Å²) in [7, 11) is 3.78. The quantitative estimate of drug-likeness (QED) is 0.858. The van der Waals surface area contributed by atoms with Gasteiger partial charge in [-0.05, 0) is 31.7 Å². The lowest BCUT2D eigenvalue weighted by molar-refractivity contribution is 0.305. The molecular weight excluding hydrogens is 268 g/mol. The molecule has 0 radical (unpaired) electrons. The molecule has 1 aliphatic rings. The fraction of sp³-hybridized carbons (Fsp3) is 0.467. The molecule has 0 bridgehead atoms. The van der Waals surface area contributed by atoms with Crippen LogP contribution in [0.25, 0.3) is 11.5 Å². The van der Waals surface area contributed by atoms with Crippen molar-refractivity contribution in [1.29, 1.82) is 0 Å². The number of aromatic nitrogens is 2. The van der Waals surface area contributed by atoms with Crippen LogP contribution in [0.15, 0.2) is 22.6 Å². The second-order valence-corrected chi connectivity index (χ2v) is 5.36. The van der Waals surface area contributed by atoms with E-state index in [1.165, 1.54) is 0 Å². The van der Waals surface area contributed by atoms with Gasteiger partial charge in [0.2, 0.25) is 5.89 Å². The summed E-state index contributed by atoms with van der Waals surface area (Å²) in [6, 6.07) is 6.49. The Balaban J connectivity index is 1.81. The Morgan fingerprint density at radius 2 is 1.90 bits per heavy atom. The fourth-order valence-electron chi connectivity index (χ4n) is 2.41. The zero-order valence-electron chi connectivity index (χ0n) is 12.7. The predicted octanol–water partition coefficient (Wildman–Crippen LogP) is 1.81. The van der Waals surface area contributed by atoms with E-state index < -0.39 is 0 Å². The summed E-state index contributed by atoms with van der Waals surface area (Å²) in [5.41, 5.74) is 1.96. The first kappa shape index (κ1) is 13.9. The van der Waals surface area contributed by atoms with Crippen LogP contribution in [0.3, 0.4) is 0 Å².